The topological polar surface area (TPSA) is 61.6 Å². The Morgan fingerprint density at radius 3 is 2.33 bits per heavy atom. The van der Waals surface area contributed by atoms with Crippen molar-refractivity contribution >= 4 is 5.97 Å². The molecule has 0 saturated heterocycles. The zero-order valence-electron chi connectivity index (χ0n) is 10.2. The minimum Gasteiger partial charge on any atom is -0.463 e. The molecule has 0 aromatic rings. The summed E-state index contributed by atoms with van der Waals surface area (Å²) in [4.78, 5) is 11.4. The third-order valence-corrected chi connectivity index (χ3v) is 1.97. The average Bonchev–Trinajstić information content (AvgIpc) is 2.13. The Hall–Kier alpha value is -0.610. The highest BCUT2D eigenvalue weighted by atomic mass is 16.6. The fraction of sp³-hybridized carbons (Fsp3) is 0.909. The second-order valence-corrected chi connectivity index (χ2v) is 4.47. The number of rotatable bonds is 6. The molecule has 4 nitrogen and oxygen atoms in total. The van der Waals surface area contributed by atoms with Crippen LogP contribution in [-0.2, 0) is 14.3 Å². The molecule has 0 rings (SSSR count). The number of carbonyl (C=O) groups excluding carboxylic acids is 1. The predicted octanol–water partition coefficient (Wildman–Crippen LogP) is 1.33. The average molecular weight is 217 g/mol. The van der Waals surface area contributed by atoms with Crippen molar-refractivity contribution in [2.75, 3.05) is 19.8 Å². The first kappa shape index (κ1) is 14.4. The summed E-state index contributed by atoms with van der Waals surface area (Å²) in [5, 5.41) is 0. The van der Waals surface area contributed by atoms with E-state index in [9.17, 15) is 4.79 Å². The standard InChI is InChI=1S/C11H23NO3/c1-5-9(8-12)10(13)14-6-7-15-11(2,3)4/h9H,5-8,12H2,1-4H3. The summed E-state index contributed by atoms with van der Waals surface area (Å²) in [6.07, 6.45) is 0.718. The van der Waals surface area contributed by atoms with Gasteiger partial charge in [-0.1, -0.05) is 6.92 Å². The van der Waals surface area contributed by atoms with Gasteiger partial charge in [0.2, 0.25) is 0 Å². The maximum Gasteiger partial charge on any atom is 0.310 e. The molecular formula is C11H23NO3. The monoisotopic (exact) mass is 217 g/mol. The minimum absolute atomic E-state index is 0.181. The first-order valence-corrected chi connectivity index (χ1v) is 5.41. The molecule has 90 valence electrons. The summed E-state index contributed by atoms with van der Waals surface area (Å²) in [6.45, 7) is 8.87. The van der Waals surface area contributed by atoms with Gasteiger partial charge in [-0.3, -0.25) is 4.79 Å². The van der Waals surface area contributed by atoms with E-state index >= 15 is 0 Å². The molecule has 4 heteroatoms. The van der Waals surface area contributed by atoms with Crippen molar-refractivity contribution in [1.29, 1.82) is 0 Å². The molecule has 0 amide bonds. The van der Waals surface area contributed by atoms with Crippen LogP contribution in [0.2, 0.25) is 0 Å². The van der Waals surface area contributed by atoms with Crippen molar-refractivity contribution in [3.8, 4) is 0 Å². The Balaban J connectivity index is 3.63. The third kappa shape index (κ3) is 7.33. The van der Waals surface area contributed by atoms with Crippen LogP contribution < -0.4 is 5.73 Å². The smallest absolute Gasteiger partial charge is 0.310 e. The zero-order chi connectivity index (χ0) is 11.9. The normalized spacial score (nSPS) is 13.7. The lowest BCUT2D eigenvalue weighted by molar-refractivity contribution is -0.151. The van der Waals surface area contributed by atoms with E-state index in [1.165, 1.54) is 0 Å². The first-order chi connectivity index (χ1) is 6.90. The molecule has 0 fully saturated rings. The fourth-order valence-corrected chi connectivity index (χ4v) is 1.04. The number of ether oxygens (including phenoxy) is 2. The highest BCUT2D eigenvalue weighted by molar-refractivity contribution is 5.72. The Bertz CT molecular complexity index is 183. The van der Waals surface area contributed by atoms with Gasteiger partial charge in [-0.2, -0.15) is 0 Å². The van der Waals surface area contributed by atoms with E-state index in [1.807, 2.05) is 27.7 Å². The molecule has 0 spiro atoms. The van der Waals surface area contributed by atoms with Crippen LogP contribution in [0.1, 0.15) is 34.1 Å². The van der Waals surface area contributed by atoms with E-state index in [-0.39, 0.29) is 17.5 Å². The van der Waals surface area contributed by atoms with Gasteiger partial charge >= 0.3 is 5.97 Å². The molecule has 15 heavy (non-hydrogen) atoms. The van der Waals surface area contributed by atoms with Gasteiger partial charge in [-0.25, -0.2) is 0 Å². The highest BCUT2D eigenvalue weighted by Gasteiger charge is 2.16. The molecule has 0 saturated carbocycles. The molecule has 0 aromatic heterocycles. The SMILES string of the molecule is CCC(CN)C(=O)OCCOC(C)(C)C. The Labute approximate surface area is 92.1 Å². The molecule has 0 aromatic carbocycles. The van der Waals surface area contributed by atoms with E-state index in [0.29, 0.717) is 19.8 Å². The second-order valence-electron chi connectivity index (χ2n) is 4.47. The highest BCUT2D eigenvalue weighted by Crippen LogP contribution is 2.07. The summed E-state index contributed by atoms with van der Waals surface area (Å²) < 4.78 is 10.5. The number of esters is 1. The van der Waals surface area contributed by atoms with Gasteiger partial charge in [-0.05, 0) is 27.2 Å². The maximum atomic E-state index is 11.4. The Morgan fingerprint density at radius 1 is 1.33 bits per heavy atom. The number of hydrogen-bond acceptors (Lipinski definition) is 4. The van der Waals surface area contributed by atoms with E-state index in [2.05, 4.69) is 0 Å². The Kier molecular flexibility index (Phi) is 6.52. The number of carbonyl (C=O) groups is 1. The summed E-state index contributed by atoms with van der Waals surface area (Å²) >= 11 is 0. The van der Waals surface area contributed by atoms with E-state index in [1.54, 1.807) is 0 Å². The van der Waals surface area contributed by atoms with Crippen LogP contribution in [0.3, 0.4) is 0 Å². The molecule has 0 bridgehead atoms. The summed E-state index contributed by atoms with van der Waals surface area (Å²) in [5.74, 6) is -0.405. The van der Waals surface area contributed by atoms with Crippen molar-refractivity contribution in [2.24, 2.45) is 11.7 Å². The lowest BCUT2D eigenvalue weighted by Gasteiger charge is -2.19. The van der Waals surface area contributed by atoms with Gasteiger partial charge in [0.1, 0.15) is 6.61 Å². The molecular weight excluding hydrogens is 194 g/mol. The van der Waals surface area contributed by atoms with Crippen LogP contribution in [0.25, 0.3) is 0 Å². The molecule has 2 N–H and O–H groups in total. The Morgan fingerprint density at radius 2 is 1.93 bits per heavy atom. The van der Waals surface area contributed by atoms with Crippen LogP contribution in [0, 0.1) is 5.92 Å². The molecule has 0 heterocycles. The van der Waals surface area contributed by atoms with Crippen LogP contribution in [0.5, 0.6) is 0 Å². The molecule has 1 atom stereocenters. The van der Waals surface area contributed by atoms with Crippen LogP contribution >= 0.6 is 0 Å². The van der Waals surface area contributed by atoms with Crippen LogP contribution in [-0.4, -0.2) is 31.3 Å². The van der Waals surface area contributed by atoms with Crippen molar-refractivity contribution in [3.05, 3.63) is 0 Å². The van der Waals surface area contributed by atoms with Crippen molar-refractivity contribution < 1.29 is 14.3 Å². The summed E-state index contributed by atoms with van der Waals surface area (Å²) in [6, 6.07) is 0. The maximum absolute atomic E-state index is 11.4. The molecule has 0 radical (unpaired) electrons. The first-order valence-electron chi connectivity index (χ1n) is 5.41. The fourth-order valence-electron chi connectivity index (χ4n) is 1.04. The molecule has 0 aliphatic rings. The second kappa shape index (κ2) is 6.80. The van der Waals surface area contributed by atoms with Gasteiger partial charge < -0.3 is 15.2 Å². The lowest BCUT2D eigenvalue weighted by atomic mass is 10.1. The van der Waals surface area contributed by atoms with Crippen molar-refractivity contribution in [1.82, 2.24) is 0 Å². The van der Waals surface area contributed by atoms with Gasteiger partial charge in [0.15, 0.2) is 0 Å². The quantitative estimate of drug-likeness (QED) is 0.538. The van der Waals surface area contributed by atoms with Gasteiger partial charge in [0, 0.05) is 6.54 Å². The van der Waals surface area contributed by atoms with E-state index in [4.69, 9.17) is 15.2 Å². The molecule has 1 unspecified atom stereocenters. The van der Waals surface area contributed by atoms with E-state index < -0.39 is 0 Å². The number of hydrogen-bond donors (Lipinski definition) is 1. The van der Waals surface area contributed by atoms with Gasteiger partial charge in [-0.15, -0.1) is 0 Å². The van der Waals surface area contributed by atoms with E-state index in [0.717, 1.165) is 6.42 Å². The predicted molar refractivity (Wildman–Crippen MR) is 59.5 cm³/mol. The van der Waals surface area contributed by atoms with Crippen molar-refractivity contribution in [2.45, 2.75) is 39.7 Å². The van der Waals surface area contributed by atoms with Crippen LogP contribution in [0.15, 0.2) is 0 Å². The van der Waals surface area contributed by atoms with Gasteiger partial charge in [0.05, 0.1) is 18.1 Å². The largest absolute Gasteiger partial charge is 0.463 e. The zero-order valence-corrected chi connectivity index (χ0v) is 10.2. The summed E-state index contributed by atoms with van der Waals surface area (Å²) in [5.41, 5.74) is 5.24. The van der Waals surface area contributed by atoms with Crippen molar-refractivity contribution in [3.63, 3.8) is 0 Å². The summed E-state index contributed by atoms with van der Waals surface area (Å²) in [7, 11) is 0. The number of nitrogens with two attached hydrogens (primary N) is 1. The molecule has 0 aliphatic carbocycles. The third-order valence-electron chi connectivity index (χ3n) is 1.97. The molecule has 0 aliphatic heterocycles. The lowest BCUT2D eigenvalue weighted by Crippen LogP contribution is -2.27. The minimum atomic E-state index is -0.225. The van der Waals surface area contributed by atoms with Crippen LogP contribution in [0.4, 0.5) is 0 Å². The van der Waals surface area contributed by atoms with Gasteiger partial charge in [0.25, 0.3) is 0 Å².